The van der Waals surface area contributed by atoms with Crippen molar-refractivity contribution in [2.75, 3.05) is 13.2 Å². The van der Waals surface area contributed by atoms with Crippen LogP contribution in [0.2, 0.25) is 0 Å². The Bertz CT molecular complexity index is 515. The molecule has 0 aliphatic carbocycles. The first-order valence-electron chi connectivity index (χ1n) is 5.83. The molecule has 1 aromatic carbocycles. The van der Waals surface area contributed by atoms with E-state index in [1.165, 1.54) is 11.3 Å². The molecule has 0 saturated carbocycles. The number of thiazole rings is 1. The minimum absolute atomic E-state index is 0.0410. The number of hydrogen-bond donors (Lipinski definition) is 2. The van der Waals surface area contributed by atoms with Gasteiger partial charge in [-0.05, 0) is 12.1 Å². The first-order valence-corrected chi connectivity index (χ1v) is 6.71. The van der Waals surface area contributed by atoms with E-state index in [4.69, 9.17) is 19.7 Å². The lowest BCUT2D eigenvalue weighted by atomic mass is 10.3. The molecule has 0 saturated heterocycles. The van der Waals surface area contributed by atoms with Crippen LogP contribution in [0.5, 0.6) is 11.5 Å². The van der Waals surface area contributed by atoms with E-state index >= 15 is 0 Å². The molecule has 6 heteroatoms. The summed E-state index contributed by atoms with van der Waals surface area (Å²) in [6, 6.07) is 7.27. The van der Waals surface area contributed by atoms with Gasteiger partial charge in [0.15, 0.2) is 11.5 Å². The third-order valence-electron chi connectivity index (χ3n) is 2.31. The maximum atomic E-state index is 8.94. The Labute approximate surface area is 115 Å². The fourth-order valence-electron chi connectivity index (χ4n) is 1.47. The summed E-state index contributed by atoms with van der Waals surface area (Å²) in [5.74, 6) is 1.20. The largest absolute Gasteiger partial charge is 0.487 e. The molecule has 0 bridgehead atoms. The summed E-state index contributed by atoms with van der Waals surface area (Å²) in [5.41, 5.74) is 0.647. The van der Waals surface area contributed by atoms with Crippen molar-refractivity contribution in [3.8, 4) is 11.5 Å². The molecule has 0 aliphatic rings. The highest BCUT2D eigenvalue weighted by molar-refractivity contribution is 7.09. The Kier molecular flexibility index (Phi) is 5.14. The SMILES string of the molecule is OCCOc1ccccc1OCc1nc(CO)cs1. The van der Waals surface area contributed by atoms with Gasteiger partial charge in [0.25, 0.3) is 0 Å². The monoisotopic (exact) mass is 281 g/mol. The predicted octanol–water partition coefficient (Wildman–Crippen LogP) is 1.59. The van der Waals surface area contributed by atoms with Crippen LogP contribution in [-0.2, 0) is 13.2 Å². The zero-order valence-electron chi connectivity index (χ0n) is 10.3. The summed E-state index contributed by atoms with van der Waals surface area (Å²) in [4.78, 5) is 4.20. The van der Waals surface area contributed by atoms with Crippen molar-refractivity contribution in [2.24, 2.45) is 0 Å². The van der Waals surface area contributed by atoms with Crippen molar-refractivity contribution in [3.63, 3.8) is 0 Å². The van der Waals surface area contributed by atoms with Crippen LogP contribution >= 0.6 is 11.3 Å². The lowest BCUT2D eigenvalue weighted by Gasteiger charge is -2.10. The topological polar surface area (TPSA) is 71.8 Å². The number of para-hydroxylation sites is 2. The number of hydrogen-bond acceptors (Lipinski definition) is 6. The number of benzene rings is 1. The van der Waals surface area contributed by atoms with E-state index in [9.17, 15) is 0 Å². The number of aliphatic hydroxyl groups is 2. The molecule has 2 N–H and O–H groups in total. The fourth-order valence-corrected chi connectivity index (χ4v) is 2.17. The first kappa shape index (κ1) is 13.8. The number of aliphatic hydroxyl groups excluding tert-OH is 2. The van der Waals surface area contributed by atoms with Gasteiger partial charge in [-0.25, -0.2) is 4.98 Å². The quantitative estimate of drug-likeness (QED) is 0.806. The van der Waals surface area contributed by atoms with Crippen molar-refractivity contribution in [2.45, 2.75) is 13.2 Å². The van der Waals surface area contributed by atoms with Crippen LogP contribution in [0.1, 0.15) is 10.7 Å². The average molecular weight is 281 g/mol. The van der Waals surface area contributed by atoms with Gasteiger partial charge in [0.1, 0.15) is 18.2 Å². The van der Waals surface area contributed by atoms with Gasteiger partial charge in [0.05, 0.1) is 18.9 Å². The second-order valence-electron chi connectivity index (χ2n) is 3.70. The molecule has 0 radical (unpaired) electrons. The molecule has 2 aromatic rings. The number of ether oxygens (including phenoxy) is 2. The summed E-state index contributed by atoms with van der Waals surface area (Å²) in [5, 5.41) is 20.3. The van der Waals surface area contributed by atoms with Gasteiger partial charge in [-0.3, -0.25) is 0 Å². The summed E-state index contributed by atoms with van der Waals surface area (Å²) in [7, 11) is 0. The number of rotatable bonds is 7. The Hall–Kier alpha value is -1.63. The highest BCUT2D eigenvalue weighted by atomic mass is 32.1. The molecule has 0 fully saturated rings. The standard InChI is InChI=1S/C13H15NO4S/c15-5-6-17-11-3-1-2-4-12(11)18-8-13-14-10(7-16)9-19-13/h1-4,9,15-16H,5-8H2. The van der Waals surface area contributed by atoms with E-state index in [-0.39, 0.29) is 19.8 Å². The minimum Gasteiger partial charge on any atom is -0.487 e. The lowest BCUT2D eigenvalue weighted by molar-refractivity contribution is 0.192. The van der Waals surface area contributed by atoms with Gasteiger partial charge < -0.3 is 19.7 Å². The van der Waals surface area contributed by atoms with Crippen LogP contribution in [0.25, 0.3) is 0 Å². The van der Waals surface area contributed by atoms with Crippen LogP contribution in [-0.4, -0.2) is 28.4 Å². The molecule has 19 heavy (non-hydrogen) atoms. The predicted molar refractivity (Wildman–Crippen MR) is 71.4 cm³/mol. The minimum atomic E-state index is -0.0628. The fraction of sp³-hybridized carbons (Fsp3) is 0.308. The van der Waals surface area contributed by atoms with Gasteiger partial charge in [0.2, 0.25) is 0 Å². The van der Waals surface area contributed by atoms with E-state index in [2.05, 4.69) is 4.98 Å². The zero-order valence-corrected chi connectivity index (χ0v) is 11.1. The van der Waals surface area contributed by atoms with Crippen LogP contribution in [0.15, 0.2) is 29.6 Å². The Balaban J connectivity index is 1.98. The molecule has 2 rings (SSSR count). The molecule has 0 unspecified atom stereocenters. The van der Waals surface area contributed by atoms with Crippen LogP contribution in [0.3, 0.4) is 0 Å². The highest BCUT2D eigenvalue weighted by Gasteiger charge is 2.06. The second kappa shape index (κ2) is 7.08. The highest BCUT2D eigenvalue weighted by Crippen LogP contribution is 2.27. The Morgan fingerprint density at radius 3 is 2.47 bits per heavy atom. The van der Waals surface area contributed by atoms with E-state index in [0.717, 1.165) is 5.01 Å². The summed E-state index contributed by atoms with van der Waals surface area (Å²) >= 11 is 1.44. The third kappa shape index (κ3) is 3.92. The normalized spacial score (nSPS) is 10.4. The number of nitrogens with zero attached hydrogens (tertiary/aromatic N) is 1. The average Bonchev–Trinajstić information content (AvgIpc) is 2.91. The molecule has 1 aromatic heterocycles. The summed E-state index contributed by atoms with van der Waals surface area (Å²) in [6.45, 7) is 0.448. The van der Waals surface area contributed by atoms with Gasteiger partial charge in [-0.15, -0.1) is 11.3 Å². The smallest absolute Gasteiger partial charge is 0.161 e. The van der Waals surface area contributed by atoms with Gasteiger partial charge in [-0.1, -0.05) is 12.1 Å². The zero-order chi connectivity index (χ0) is 13.5. The van der Waals surface area contributed by atoms with Crippen molar-refractivity contribution >= 4 is 11.3 Å². The molecule has 0 spiro atoms. The summed E-state index contributed by atoms with van der Waals surface area (Å²) in [6.07, 6.45) is 0. The second-order valence-corrected chi connectivity index (χ2v) is 4.64. The third-order valence-corrected chi connectivity index (χ3v) is 3.18. The van der Waals surface area contributed by atoms with Crippen LogP contribution in [0, 0.1) is 0 Å². The van der Waals surface area contributed by atoms with E-state index in [1.807, 2.05) is 12.1 Å². The van der Waals surface area contributed by atoms with Gasteiger partial charge in [-0.2, -0.15) is 0 Å². The van der Waals surface area contributed by atoms with Gasteiger partial charge >= 0.3 is 0 Å². The molecular weight excluding hydrogens is 266 g/mol. The molecule has 102 valence electrons. The molecule has 0 aliphatic heterocycles. The van der Waals surface area contributed by atoms with Crippen molar-refractivity contribution in [3.05, 3.63) is 40.3 Å². The van der Waals surface area contributed by atoms with Crippen molar-refractivity contribution < 1.29 is 19.7 Å². The number of aromatic nitrogens is 1. The first-order chi connectivity index (χ1) is 9.33. The van der Waals surface area contributed by atoms with Crippen LogP contribution in [0.4, 0.5) is 0 Å². The molecule has 0 amide bonds. The Morgan fingerprint density at radius 1 is 1.11 bits per heavy atom. The maximum absolute atomic E-state index is 8.94. The van der Waals surface area contributed by atoms with Crippen molar-refractivity contribution in [1.82, 2.24) is 4.98 Å². The van der Waals surface area contributed by atoms with Gasteiger partial charge in [0, 0.05) is 5.38 Å². The Morgan fingerprint density at radius 2 is 1.84 bits per heavy atom. The van der Waals surface area contributed by atoms with Crippen molar-refractivity contribution in [1.29, 1.82) is 0 Å². The molecule has 1 heterocycles. The molecule has 5 nitrogen and oxygen atoms in total. The molecule has 0 atom stereocenters. The van der Waals surface area contributed by atoms with Crippen LogP contribution < -0.4 is 9.47 Å². The molecular formula is C13H15NO4S. The van der Waals surface area contributed by atoms with E-state index in [0.29, 0.717) is 23.8 Å². The van der Waals surface area contributed by atoms with E-state index < -0.39 is 0 Å². The maximum Gasteiger partial charge on any atom is 0.161 e. The lowest BCUT2D eigenvalue weighted by Crippen LogP contribution is -2.04. The summed E-state index contributed by atoms with van der Waals surface area (Å²) < 4.78 is 11.0. The van der Waals surface area contributed by atoms with E-state index in [1.54, 1.807) is 17.5 Å².